The van der Waals surface area contributed by atoms with Crippen molar-refractivity contribution in [3.63, 3.8) is 0 Å². The second-order valence-corrected chi connectivity index (χ2v) is 6.85. The van der Waals surface area contributed by atoms with Crippen molar-refractivity contribution in [1.82, 2.24) is 9.47 Å². The van der Waals surface area contributed by atoms with Crippen molar-refractivity contribution >= 4 is 17.6 Å². The Morgan fingerprint density at radius 2 is 1.68 bits per heavy atom. The lowest BCUT2D eigenvalue weighted by Gasteiger charge is -2.30. The van der Waals surface area contributed by atoms with Crippen molar-refractivity contribution in [2.75, 3.05) is 19.0 Å². The molecule has 3 aromatic rings. The molecule has 2 heterocycles. The molecular formula is C24H28N4O3. The molecule has 1 aliphatic heterocycles. The molecule has 1 aliphatic rings. The molecule has 0 aliphatic carbocycles. The summed E-state index contributed by atoms with van der Waals surface area (Å²) in [5, 5.41) is 2.89. The molecule has 0 fully saturated rings. The number of rotatable bonds is 4. The maximum absolute atomic E-state index is 12.7. The standard InChI is InChI=1S/C22H22N4O3.C2H6/c1-29-17-9-7-16(8-10-17)24-22(28)25-11-12-26-19(15-5-3-2-4-6-15)13-18(21(23)27)20(26)14-25;1-2/h2-10,13H,11-12,14H2,1H3,(H2,23,27)(H,24,28);1-2H3. The molecule has 4 rings (SSSR count). The molecule has 7 nitrogen and oxygen atoms in total. The second kappa shape index (κ2) is 9.84. The SMILES string of the molecule is CC.COc1ccc(NC(=O)N2CCn3c(-c4ccccc4)cc(C(N)=O)c3C2)cc1. The first-order valence-corrected chi connectivity index (χ1v) is 10.3. The van der Waals surface area contributed by atoms with E-state index in [0.717, 1.165) is 22.7 Å². The highest BCUT2D eigenvalue weighted by Crippen LogP contribution is 2.29. The van der Waals surface area contributed by atoms with Gasteiger partial charge in [-0.15, -0.1) is 0 Å². The Morgan fingerprint density at radius 1 is 1.00 bits per heavy atom. The molecule has 7 heteroatoms. The van der Waals surface area contributed by atoms with E-state index in [1.165, 1.54) is 0 Å². The summed E-state index contributed by atoms with van der Waals surface area (Å²) >= 11 is 0. The zero-order chi connectivity index (χ0) is 22.4. The number of ether oxygens (including phenoxy) is 1. The van der Waals surface area contributed by atoms with Crippen LogP contribution >= 0.6 is 0 Å². The van der Waals surface area contributed by atoms with Crippen LogP contribution in [0.5, 0.6) is 5.75 Å². The lowest BCUT2D eigenvalue weighted by Crippen LogP contribution is -2.41. The van der Waals surface area contributed by atoms with Crippen LogP contribution in [0.15, 0.2) is 60.7 Å². The van der Waals surface area contributed by atoms with E-state index < -0.39 is 5.91 Å². The van der Waals surface area contributed by atoms with Gasteiger partial charge < -0.3 is 25.3 Å². The van der Waals surface area contributed by atoms with Crippen LogP contribution in [0.3, 0.4) is 0 Å². The fraction of sp³-hybridized carbons (Fsp3) is 0.250. The molecule has 0 atom stereocenters. The summed E-state index contributed by atoms with van der Waals surface area (Å²) in [6.07, 6.45) is 0. The van der Waals surface area contributed by atoms with Crippen LogP contribution in [0.2, 0.25) is 0 Å². The zero-order valence-corrected chi connectivity index (χ0v) is 18.1. The molecule has 31 heavy (non-hydrogen) atoms. The number of carbonyl (C=O) groups excluding carboxylic acids is 2. The van der Waals surface area contributed by atoms with Gasteiger partial charge >= 0.3 is 6.03 Å². The maximum atomic E-state index is 12.7. The lowest BCUT2D eigenvalue weighted by atomic mass is 10.1. The number of aromatic nitrogens is 1. The summed E-state index contributed by atoms with van der Waals surface area (Å²) in [7, 11) is 1.59. The molecule has 0 saturated carbocycles. The van der Waals surface area contributed by atoms with Gasteiger partial charge in [0.15, 0.2) is 0 Å². The topological polar surface area (TPSA) is 89.6 Å². The quantitative estimate of drug-likeness (QED) is 0.658. The number of amides is 3. The van der Waals surface area contributed by atoms with E-state index in [2.05, 4.69) is 9.88 Å². The fourth-order valence-electron chi connectivity index (χ4n) is 3.61. The van der Waals surface area contributed by atoms with Gasteiger partial charge in [-0.2, -0.15) is 0 Å². The lowest BCUT2D eigenvalue weighted by molar-refractivity contribution is 0.0997. The Balaban J connectivity index is 0.00000132. The Morgan fingerprint density at radius 3 is 2.29 bits per heavy atom. The third kappa shape index (κ3) is 4.71. The highest BCUT2D eigenvalue weighted by molar-refractivity contribution is 5.96. The number of carbonyl (C=O) groups is 2. The number of methoxy groups -OCH3 is 1. The number of hydrogen-bond acceptors (Lipinski definition) is 3. The van der Waals surface area contributed by atoms with Gasteiger partial charge in [0.05, 0.1) is 24.9 Å². The maximum Gasteiger partial charge on any atom is 0.322 e. The van der Waals surface area contributed by atoms with Crippen molar-refractivity contribution in [2.24, 2.45) is 5.73 Å². The van der Waals surface area contributed by atoms with Gasteiger partial charge in [0.2, 0.25) is 0 Å². The Hall–Kier alpha value is -3.74. The number of nitrogens with zero attached hydrogens (tertiary/aromatic N) is 2. The number of hydrogen-bond donors (Lipinski definition) is 2. The van der Waals surface area contributed by atoms with Gasteiger partial charge in [-0.3, -0.25) is 4.79 Å². The average Bonchev–Trinajstić information content (AvgIpc) is 3.21. The normalized spacial score (nSPS) is 12.3. The molecule has 0 radical (unpaired) electrons. The van der Waals surface area contributed by atoms with E-state index in [-0.39, 0.29) is 6.03 Å². The summed E-state index contributed by atoms with van der Waals surface area (Å²) in [5.74, 6) is 0.228. The zero-order valence-electron chi connectivity index (χ0n) is 18.1. The van der Waals surface area contributed by atoms with E-state index in [1.54, 1.807) is 36.3 Å². The first-order chi connectivity index (χ1) is 15.1. The molecule has 0 bridgehead atoms. The van der Waals surface area contributed by atoms with Gasteiger partial charge in [-0.25, -0.2) is 4.79 Å². The summed E-state index contributed by atoms with van der Waals surface area (Å²) in [5.41, 5.74) is 9.45. The van der Waals surface area contributed by atoms with E-state index in [4.69, 9.17) is 10.5 Å². The van der Waals surface area contributed by atoms with Gasteiger partial charge in [0, 0.05) is 24.5 Å². The molecule has 162 valence electrons. The number of anilines is 1. The van der Waals surface area contributed by atoms with Gasteiger partial charge in [0.1, 0.15) is 5.75 Å². The summed E-state index contributed by atoms with van der Waals surface area (Å²) in [6, 6.07) is 18.6. The molecule has 1 aromatic heterocycles. The fourth-order valence-corrected chi connectivity index (χ4v) is 3.61. The van der Waals surface area contributed by atoms with Crippen molar-refractivity contribution in [1.29, 1.82) is 0 Å². The van der Waals surface area contributed by atoms with Gasteiger partial charge in [-0.1, -0.05) is 44.2 Å². The van der Waals surface area contributed by atoms with Crippen molar-refractivity contribution in [3.8, 4) is 17.0 Å². The Labute approximate surface area is 182 Å². The minimum absolute atomic E-state index is 0.223. The summed E-state index contributed by atoms with van der Waals surface area (Å²) in [6.45, 7) is 5.43. The monoisotopic (exact) mass is 420 g/mol. The minimum Gasteiger partial charge on any atom is -0.497 e. The number of urea groups is 1. The number of nitrogens with one attached hydrogen (secondary N) is 1. The van der Waals surface area contributed by atoms with Crippen LogP contribution in [-0.4, -0.2) is 35.1 Å². The van der Waals surface area contributed by atoms with Crippen LogP contribution in [0.4, 0.5) is 10.5 Å². The highest BCUT2D eigenvalue weighted by Gasteiger charge is 2.27. The van der Waals surface area contributed by atoms with Gasteiger partial charge in [-0.05, 0) is 35.9 Å². The van der Waals surface area contributed by atoms with Crippen LogP contribution in [0.25, 0.3) is 11.3 Å². The van der Waals surface area contributed by atoms with Gasteiger partial charge in [0.25, 0.3) is 5.91 Å². The molecule has 3 amide bonds. The second-order valence-electron chi connectivity index (χ2n) is 6.85. The van der Waals surface area contributed by atoms with E-state index in [1.807, 2.05) is 50.2 Å². The minimum atomic E-state index is -0.492. The van der Waals surface area contributed by atoms with Crippen LogP contribution in [0, 0.1) is 0 Å². The highest BCUT2D eigenvalue weighted by atomic mass is 16.5. The predicted octanol–water partition coefficient (Wildman–Crippen LogP) is 4.34. The molecule has 2 aromatic carbocycles. The average molecular weight is 421 g/mol. The summed E-state index contributed by atoms with van der Waals surface area (Å²) in [4.78, 5) is 26.5. The van der Waals surface area contributed by atoms with Crippen molar-refractivity contribution in [2.45, 2.75) is 26.9 Å². The number of benzene rings is 2. The molecular weight excluding hydrogens is 392 g/mol. The smallest absolute Gasteiger partial charge is 0.322 e. The molecule has 0 spiro atoms. The van der Waals surface area contributed by atoms with Crippen molar-refractivity contribution < 1.29 is 14.3 Å². The Kier molecular flexibility index (Phi) is 6.97. The van der Waals surface area contributed by atoms with Crippen LogP contribution < -0.4 is 15.8 Å². The van der Waals surface area contributed by atoms with Crippen LogP contribution in [0.1, 0.15) is 29.9 Å². The molecule has 0 saturated heterocycles. The number of nitrogens with two attached hydrogens (primary N) is 1. The van der Waals surface area contributed by atoms with E-state index in [0.29, 0.717) is 30.9 Å². The van der Waals surface area contributed by atoms with E-state index in [9.17, 15) is 9.59 Å². The number of fused-ring (bicyclic) bond motifs is 1. The van der Waals surface area contributed by atoms with E-state index >= 15 is 0 Å². The molecule has 0 unspecified atom stereocenters. The molecule has 3 N–H and O–H groups in total. The first kappa shape index (κ1) is 22.0. The largest absolute Gasteiger partial charge is 0.497 e. The third-order valence-corrected chi connectivity index (χ3v) is 5.11. The first-order valence-electron chi connectivity index (χ1n) is 10.3. The predicted molar refractivity (Wildman–Crippen MR) is 122 cm³/mol. The van der Waals surface area contributed by atoms with Crippen LogP contribution in [-0.2, 0) is 13.1 Å². The Bertz CT molecular complexity index is 1040. The third-order valence-electron chi connectivity index (χ3n) is 5.11. The van der Waals surface area contributed by atoms with Crippen molar-refractivity contribution in [3.05, 3.63) is 71.9 Å². The summed E-state index contributed by atoms with van der Waals surface area (Å²) < 4.78 is 7.21. The number of primary amides is 1.